The van der Waals surface area contributed by atoms with Gasteiger partial charge in [-0.25, -0.2) is 18.4 Å². The lowest BCUT2D eigenvalue weighted by atomic mass is 10.2. The molecule has 2 aromatic carbocycles. The lowest BCUT2D eigenvalue weighted by Crippen LogP contribution is -2.30. The largest absolute Gasteiger partial charge is 0.393 e. The summed E-state index contributed by atoms with van der Waals surface area (Å²) in [7, 11) is -3.52. The van der Waals surface area contributed by atoms with Crippen molar-refractivity contribution in [2.75, 3.05) is 29.5 Å². The third-order valence-corrected chi connectivity index (χ3v) is 7.29. The van der Waals surface area contributed by atoms with E-state index in [1.54, 1.807) is 30.5 Å². The van der Waals surface area contributed by atoms with E-state index < -0.39 is 10.0 Å². The molecule has 0 saturated carbocycles. The molecule has 0 aliphatic heterocycles. The van der Waals surface area contributed by atoms with Gasteiger partial charge in [-0.3, -0.25) is 4.98 Å². The monoisotopic (exact) mass is 463 g/mol. The molecule has 0 atom stereocenters. The molecule has 10 heteroatoms. The molecule has 33 heavy (non-hydrogen) atoms. The van der Waals surface area contributed by atoms with Gasteiger partial charge < -0.3 is 16.4 Å². The van der Waals surface area contributed by atoms with Gasteiger partial charge >= 0.3 is 0 Å². The Labute approximate surface area is 192 Å². The van der Waals surface area contributed by atoms with Crippen molar-refractivity contribution < 1.29 is 8.42 Å². The Balaban J connectivity index is 1.57. The van der Waals surface area contributed by atoms with Gasteiger partial charge in [-0.2, -0.15) is 4.31 Å². The lowest BCUT2D eigenvalue weighted by molar-refractivity contribution is 0.445. The Hall–Kier alpha value is -3.76. The zero-order chi connectivity index (χ0) is 23.4. The number of nitrogens with one attached hydrogen (secondary N) is 2. The van der Waals surface area contributed by atoms with Gasteiger partial charge in [-0.05, 0) is 36.4 Å². The van der Waals surface area contributed by atoms with Gasteiger partial charge in [0, 0.05) is 30.4 Å². The molecule has 0 fully saturated rings. The molecule has 4 N–H and O–H groups in total. The Morgan fingerprint density at radius 1 is 0.879 bits per heavy atom. The van der Waals surface area contributed by atoms with Crippen LogP contribution >= 0.6 is 0 Å². The zero-order valence-corrected chi connectivity index (χ0v) is 19.2. The number of fused-ring (bicyclic) bond motifs is 1. The molecule has 0 saturated heterocycles. The van der Waals surface area contributed by atoms with Gasteiger partial charge in [0.1, 0.15) is 12.0 Å². The number of rotatable bonds is 8. The molecular formula is C23H25N7O2S. The molecule has 2 heterocycles. The number of benzene rings is 2. The van der Waals surface area contributed by atoms with Crippen LogP contribution in [0.4, 0.5) is 28.7 Å². The summed E-state index contributed by atoms with van der Waals surface area (Å²) < 4.78 is 26.8. The number of hydrogen-bond donors (Lipinski definition) is 3. The van der Waals surface area contributed by atoms with E-state index in [-0.39, 0.29) is 4.90 Å². The number of para-hydroxylation sites is 1. The van der Waals surface area contributed by atoms with E-state index in [1.807, 2.05) is 44.2 Å². The first-order valence-corrected chi connectivity index (χ1v) is 12.0. The fourth-order valence-corrected chi connectivity index (χ4v) is 4.94. The molecule has 0 radical (unpaired) electrons. The molecule has 4 rings (SSSR count). The fraction of sp³-hybridized carbons (Fsp3) is 0.174. The maximum absolute atomic E-state index is 12.7. The highest BCUT2D eigenvalue weighted by Gasteiger charge is 2.21. The first kappa shape index (κ1) is 22.4. The van der Waals surface area contributed by atoms with Crippen LogP contribution in [0.1, 0.15) is 13.8 Å². The predicted molar refractivity (Wildman–Crippen MR) is 131 cm³/mol. The summed E-state index contributed by atoms with van der Waals surface area (Å²) in [5.74, 6) is 0.839. The van der Waals surface area contributed by atoms with Crippen LogP contribution < -0.4 is 16.4 Å². The average molecular weight is 464 g/mol. The quantitative estimate of drug-likeness (QED) is 0.356. The number of aromatic nitrogens is 3. The summed E-state index contributed by atoms with van der Waals surface area (Å²) in [6.45, 7) is 4.46. The van der Waals surface area contributed by atoms with Crippen molar-refractivity contribution in [1.82, 2.24) is 19.3 Å². The summed E-state index contributed by atoms with van der Waals surface area (Å²) in [6, 6.07) is 16.2. The summed E-state index contributed by atoms with van der Waals surface area (Å²) in [5, 5.41) is 7.36. The Morgan fingerprint density at radius 3 is 2.24 bits per heavy atom. The van der Waals surface area contributed by atoms with Gasteiger partial charge in [-0.1, -0.05) is 32.0 Å². The number of sulfonamides is 1. The number of pyridine rings is 1. The molecular weight excluding hydrogens is 438 g/mol. The predicted octanol–water partition coefficient (Wildman–Crippen LogP) is 4.12. The van der Waals surface area contributed by atoms with Crippen molar-refractivity contribution >= 4 is 49.6 Å². The van der Waals surface area contributed by atoms with E-state index in [0.717, 1.165) is 16.6 Å². The van der Waals surface area contributed by atoms with E-state index in [9.17, 15) is 8.42 Å². The van der Waals surface area contributed by atoms with Crippen LogP contribution in [-0.2, 0) is 10.0 Å². The topological polar surface area (TPSA) is 126 Å². The van der Waals surface area contributed by atoms with Gasteiger partial charge in [0.25, 0.3) is 0 Å². The van der Waals surface area contributed by atoms with Crippen LogP contribution in [-0.4, -0.2) is 40.8 Å². The second-order valence-electron chi connectivity index (χ2n) is 7.23. The van der Waals surface area contributed by atoms with E-state index in [2.05, 4.69) is 25.6 Å². The van der Waals surface area contributed by atoms with Crippen molar-refractivity contribution in [2.45, 2.75) is 18.7 Å². The molecule has 0 aliphatic carbocycles. The minimum Gasteiger partial charge on any atom is -0.393 e. The van der Waals surface area contributed by atoms with E-state index in [1.165, 1.54) is 10.6 Å². The highest BCUT2D eigenvalue weighted by Crippen LogP contribution is 2.31. The number of anilines is 5. The molecule has 0 bridgehead atoms. The second-order valence-corrected chi connectivity index (χ2v) is 9.17. The first-order chi connectivity index (χ1) is 15.9. The normalized spacial score (nSPS) is 11.6. The third kappa shape index (κ3) is 4.57. The van der Waals surface area contributed by atoms with Crippen LogP contribution in [0, 0.1) is 0 Å². The number of nitrogen functional groups attached to an aromatic ring is 1. The highest BCUT2D eigenvalue weighted by molar-refractivity contribution is 7.89. The first-order valence-electron chi connectivity index (χ1n) is 10.5. The molecule has 0 amide bonds. The molecule has 170 valence electrons. The van der Waals surface area contributed by atoms with Gasteiger partial charge in [0.05, 0.1) is 16.1 Å². The Bertz CT molecular complexity index is 1370. The van der Waals surface area contributed by atoms with E-state index >= 15 is 0 Å². The number of hydrogen-bond acceptors (Lipinski definition) is 8. The minimum absolute atomic E-state index is 0.234. The van der Waals surface area contributed by atoms with Gasteiger partial charge in [-0.15, -0.1) is 0 Å². The SMILES string of the molecule is CCN(CC)S(=O)(=O)c1ccc(Nc2ncnc(Nc3cccc4cccnc34)c2N)cc1. The van der Waals surface area contributed by atoms with Crippen molar-refractivity contribution in [2.24, 2.45) is 0 Å². The van der Waals surface area contributed by atoms with Crippen LogP contribution in [0.15, 0.2) is 72.0 Å². The molecule has 0 spiro atoms. The van der Waals surface area contributed by atoms with Crippen molar-refractivity contribution in [3.05, 3.63) is 67.1 Å². The average Bonchev–Trinajstić information content (AvgIpc) is 2.83. The van der Waals surface area contributed by atoms with Crippen molar-refractivity contribution in [3.8, 4) is 0 Å². The molecule has 4 aromatic rings. The van der Waals surface area contributed by atoms with E-state index in [0.29, 0.717) is 36.1 Å². The summed E-state index contributed by atoms with van der Waals surface area (Å²) in [5.41, 5.74) is 8.88. The molecule has 9 nitrogen and oxygen atoms in total. The van der Waals surface area contributed by atoms with Gasteiger partial charge in [0.2, 0.25) is 10.0 Å². The van der Waals surface area contributed by atoms with Crippen molar-refractivity contribution in [1.29, 1.82) is 0 Å². The molecule has 2 aromatic heterocycles. The smallest absolute Gasteiger partial charge is 0.243 e. The van der Waals surface area contributed by atoms with Crippen LogP contribution in [0.3, 0.4) is 0 Å². The molecule has 0 aliphatic rings. The second kappa shape index (κ2) is 9.39. The third-order valence-electron chi connectivity index (χ3n) is 5.23. The summed E-state index contributed by atoms with van der Waals surface area (Å²) in [6.07, 6.45) is 3.13. The van der Waals surface area contributed by atoms with Gasteiger partial charge in [0.15, 0.2) is 11.6 Å². The Morgan fingerprint density at radius 2 is 1.55 bits per heavy atom. The minimum atomic E-state index is -3.52. The van der Waals surface area contributed by atoms with Crippen LogP contribution in [0.2, 0.25) is 0 Å². The van der Waals surface area contributed by atoms with Crippen LogP contribution in [0.5, 0.6) is 0 Å². The van der Waals surface area contributed by atoms with Crippen molar-refractivity contribution in [3.63, 3.8) is 0 Å². The van der Waals surface area contributed by atoms with E-state index in [4.69, 9.17) is 5.73 Å². The lowest BCUT2D eigenvalue weighted by Gasteiger charge is -2.18. The zero-order valence-electron chi connectivity index (χ0n) is 18.4. The highest BCUT2D eigenvalue weighted by atomic mass is 32.2. The standard InChI is InChI=1S/C23H25N7O2S/c1-3-30(4-2)33(31,32)18-12-10-17(11-13-18)28-22-20(24)23(27-15-26-22)29-19-9-5-7-16-8-6-14-25-21(16)19/h5-15H,3-4,24H2,1-2H3,(H2,26,27,28,29). The van der Waals surface area contributed by atoms with Crippen LogP contribution in [0.25, 0.3) is 10.9 Å². The summed E-state index contributed by atoms with van der Waals surface area (Å²) >= 11 is 0. The fourth-order valence-electron chi connectivity index (χ4n) is 3.49. The Kier molecular flexibility index (Phi) is 6.38. The summed E-state index contributed by atoms with van der Waals surface area (Å²) in [4.78, 5) is 13.2. The molecule has 0 unspecified atom stereocenters. The maximum atomic E-state index is 12.7. The number of nitrogens with zero attached hydrogens (tertiary/aromatic N) is 4. The maximum Gasteiger partial charge on any atom is 0.243 e. The number of nitrogens with two attached hydrogens (primary N) is 1.